The topological polar surface area (TPSA) is 49.3 Å². The Bertz CT molecular complexity index is 964. The second-order valence-corrected chi connectivity index (χ2v) is 7.04. The maximum Gasteiger partial charge on any atom is 0.222 e. The van der Waals surface area contributed by atoms with Gasteiger partial charge >= 0.3 is 0 Å². The van der Waals surface area contributed by atoms with Crippen molar-refractivity contribution in [1.82, 2.24) is 14.9 Å². The van der Waals surface area contributed by atoms with E-state index in [1.807, 2.05) is 28.0 Å². The quantitative estimate of drug-likeness (QED) is 0.682. The zero-order valence-corrected chi connectivity index (χ0v) is 15.7. The lowest BCUT2D eigenvalue weighted by Crippen LogP contribution is -2.49. The summed E-state index contributed by atoms with van der Waals surface area (Å²) in [6, 6.07) is 11.8. The molecule has 1 aliphatic rings. The zero-order chi connectivity index (χ0) is 19.3. The zero-order valence-electron chi connectivity index (χ0n) is 15.7. The monoisotopic (exact) mass is 378 g/mol. The molecule has 1 amide bonds. The van der Waals surface area contributed by atoms with Crippen LogP contribution < -0.4 is 4.90 Å². The summed E-state index contributed by atoms with van der Waals surface area (Å²) < 4.78 is 13.9. The van der Waals surface area contributed by atoms with Crippen molar-refractivity contribution in [1.29, 1.82) is 0 Å². The number of aromatic nitrogens is 2. The second-order valence-electron chi connectivity index (χ2n) is 7.04. The van der Waals surface area contributed by atoms with E-state index in [0.29, 0.717) is 38.3 Å². The number of hydrogen-bond donors (Lipinski definition) is 0. The lowest BCUT2D eigenvalue weighted by Gasteiger charge is -2.36. The third-order valence-corrected chi connectivity index (χ3v) is 5.30. The van der Waals surface area contributed by atoms with E-state index in [9.17, 15) is 9.18 Å². The summed E-state index contributed by atoms with van der Waals surface area (Å²) in [4.78, 5) is 24.6. The minimum atomic E-state index is -0.313. The highest BCUT2D eigenvalue weighted by Crippen LogP contribution is 2.21. The number of amides is 1. The molecule has 0 atom stereocenters. The van der Waals surface area contributed by atoms with Gasteiger partial charge in [0.15, 0.2) is 5.82 Å². The third-order valence-electron chi connectivity index (χ3n) is 5.30. The average molecular weight is 378 g/mol. The second kappa shape index (κ2) is 8.33. The van der Waals surface area contributed by atoms with Crippen LogP contribution in [0.1, 0.15) is 18.4 Å². The molecule has 3 heterocycles. The first-order valence-electron chi connectivity index (χ1n) is 9.67. The fourth-order valence-corrected chi connectivity index (χ4v) is 3.79. The number of fused-ring (bicyclic) bond motifs is 1. The number of piperazine rings is 1. The fraction of sp³-hybridized carbons (Fsp3) is 0.318. The SMILES string of the molecule is O=C(CCCc1cccc2ncccc12)N1CCN(c2ccncc2F)CC1. The number of rotatable bonds is 5. The molecule has 1 aliphatic heterocycles. The smallest absolute Gasteiger partial charge is 0.222 e. The molecule has 0 bridgehead atoms. The fourth-order valence-electron chi connectivity index (χ4n) is 3.79. The van der Waals surface area contributed by atoms with Crippen molar-refractivity contribution in [3.8, 4) is 0 Å². The number of benzene rings is 1. The first-order chi connectivity index (χ1) is 13.7. The van der Waals surface area contributed by atoms with E-state index in [1.54, 1.807) is 18.5 Å². The van der Waals surface area contributed by atoms with Crippen LogP contribution in [-0.4, -0.2) is 47.0 Å². The van der Waals surface area contributed by atoms with Crippen LogP contribution in [0.3, 0.4) is 0 Å². The number of pyridine rings is 2. The minimum absolute atomic E-state index is 0.174. The van der Waals surface area contributed by atoms with E-state index in [0.717, 1.165) is 23.7 Å². The molecule has 0 aliphatic carbocycles. The van der Waals surface area contributed by atoms with Crippen molar-refractivity contribution in [2.24, 2.45) is 0 Å². The molecule has 144 valence electrons. The first kappa shape index (κ1) is 18.3. The van der Waals surface area contributed by atoms with Crippen molar-refractivity contribution in [2.45, 2.75) is 19.3 Å². The number of nitrogens with zero attached hydrogens (tertiary/aromatic N) is 4. The molecule has 0 spiro atoms. The molecule has 0 unspecified atom stereocenters. The van der Waals surface area contributed by atoms with Gasteiger partial charge in [-0.15, -0.1) is 0 Å². The summed E-state index contributed by atoms with van der Waals surface area (Å²) in [6.45, 7) is 2.53. The van der Waals surface area contributed by atoms with Gasteiger partial charge in [-0.25, -0.2) is 4.39 Å². The summed E-state index contributed by atoms with van der Waals surface area (Å²) in [7, 11) is 0. The Balaban J connectivity index is 1.29. The average Bonchev–Trinajstić information content (AvgIpc) is 2.74. The molecular formula is C22H23FN4O. The first-order valence-corrected chi connectivity index (χ1v) is 9.67. The van der Waals surface area contributed by atoms with E-state index in [2.05, 4.69) is 22.1 Å². The van der Waals surface area contributed by atoms with E-state index >= 15 is 0 Å². The Morgan fingerprint density at radius 3 is 2.71 bits per heavy atom. The molecule has 0 radical (unpaired) electrons. The molecule has 6 heteroatoms. The predicted molar refractivity (Wildman–Crippen MR) is 108 cm³/mol. The number of hydrogen-bond acceptors (Lipinski definition) is 4. The summed E-state index contributed by atoms with van der Waals surface area (Å²) >= 11 is 0. The van der Waals surface area contributed by atoms with E-state index in [-0.39, 0.29) is 11.7 Å². The molecule has 4 rings (SSSR count). The van der Waals surface area contributed by atoms with Crippen molar-refractivity contribution >= 4 is 22.5 Å². The van der Waals surface area contributed by atoms with Crippen LogP contribution in [-0.2, 0) is 11.2 Å². The van der Waals surface area contributed by atoms with Gasteiger partial charge in [0.2, 0.25) is 5.91 Å². The molecular weight excluding hydrogens is 355 g/mol. The largest absolute Gasteiger partial charge is 0.366 e. The summed E-state index contributed by atoms with van der Waals surface area (Å²) in [5.41, 5.74) is 2.79. The van der Waals surface area contributed by atoms with E-state index in [4.69, 9.17) is 0 Å². The van der Waals surface area contributed by atoms with Crippen LogP contribution in [0.4, 0.5) is 10.1 Å². The van der Waals surface area contributed by atoms with Crippen LogP contribution in [0.15, 0.2) is 55.0 Å². The molecule has 0 saturated carbocycles. The minimum Gasteiger partial charge on any atom is -0.366 e. The van der Waals surface area contributed by atoms with Gasteiger partial charge in [-0.2, -0.15) is 0 Å². The molecule has 2 aromatic heterocycles. The van der Waals surface area contributed by atoms with Gasteiger partial charge in [0.25, 0.3) is 0 Å². The number of carbonyl (C=O) groups excluding carboxylic acids is 1. The maximum absolute atomic E-state index is 13.9. The van der Waals surface area contributed by atoms with Gasteiger partial charge in [-0.1, -0.05) is 18.2 Å². The standard InChI is InChI=1S/C22H23FN4O/c23-19-16-24-11-9-21(19)26-12-14-27(15-13-26)22(28)8-2-5-17-4-1-7-20-18(17)6-3-10-25-20/h1,3-4,6-7,9-11,16H,2,5,8,12-15H2. The van der Waals surface area contributed by atoms with Crippen molar-refractivity contribution in [2.75, 3.05) is 31.1 Å². The highest BCUT2D eigenvalue weighted by atomic mass is 19.1. The predicted octanol–water partition coefficient (Wildman–Crippen LogP) is 3.44. The molecule has 1 fully saturated rings. The maximum atomic E-state index is 13.9. The molecule has 28 heavy (non-hydrogen) atoms. The van der Waals surface area contributed by atoms with Crippen molar-refractivity contribution in [3.63, 3.8) is 0 Å². The normalized spacial score (nSPS) is 14.5. The van der Waals surface area contributed by atoms with Gasteiger partial charge < -0.3 is 9.80 Å². The van der Waals surface area contributed by atoms with Crippen molar-refractivity contribution in [3.05, 3.63) is 66.4 Å². The Morgan fingerprint density at radius 1 is 1.04 bits per heavy atom. The van der Waals surface area contributed by atoms with Gasteiger partial charge in [0, 0.05) is 50.4 Å². The molecule has 1 saturated heterocycles. The van der Waals surface area contributed by atoms with Gasteiger partial charge in [0.1, 0.15) is 0 Å². The molecule has 1 aromatic carbocycles. The highest BCUT2D eigenvalue weighted by Gasteiger charge is 2.22. The van der Waals surface area contributed by atoms with E-state index in [1.165, 1.54) is 11.8 Å². The van der Waals surface area contributed by atoms with Crippen LogP contribution in [0.5, 0.6) is 0 Å². The van der Waals surface area contributed by atoms with Gasteiger partial charge in [-0.05, 0) is 36.6 Å². The summed E-state index contributed by atoms with van der Waals surface area (Å²) in [5, 5.41) is 1.16. The lowest BCUT2D eigenvalue weighted by atomic mass is 10.0. The van der Waals surface area contributed by atoms with Crippen LogP contribution in [0, 0.1) is 5.82 Å². The Hall–Kier alpha value is -3.02. The Kier molecular flexibility index (Phi) is 5.46. The van der Waals surface area contributed by atoms with Gasteiger partial charge in [-0.3, -0.25) is 14.8 Å². The summed E-state index contributed by atoms with van der Waals surface area (Å²) in [6.07, 6.45) is 6.82. The number of aryl methyl sites for hydroxylation is 1. The lowest BCUT2D eigenvalue weighted by molar-refractivity contribution is -0.131. The van der Waals surface area contributed by atoms with E-state index < -0.39 is 0 Å². The third kappa shape index (κ3) is 3.96. The highest BCUT2D eigenvalue weighted by molar-refractivity contribution is 5.82. The van der Waals surface area contributed by atoms with Crippen LogP contribution >= 0.6 is 0 Å². The molecule has 0 N–H and O–H groups in total. The molecule has 3 aromatic rings. The van der Waals surface area contributed by atoms with Crippen LogP contribution in [0.2, 0.25) is 0 Å². The van der Waals surface area contributed by atoms with Crippen molar-refractivity contribution < 1.29 is 9.18 Å². The Morgan fingerprint density at radius 2 is 1.89 bits per heavy atom. The van der Waals surface area contributed by atoms with Gasteiger partial charge in [0.05, 0.1) is 17.4 Å². The Labute approximate surface area is 163 Å². The molecule has 5 nitrogen and oxygen atoms in total. The number of carbonyl (C=O) groups is 1. The van der Waals surface area contributed by atoms with Crippen LogP contribution in [0.25, 0.3) is 10.9 Å². The number of anilines is 1. The summed E-state index contributed by atoms with van der Waals surface area (Å²) in [5.74, 6) is -0.139. The number of halogens is 1.